The summed E-state index contributed by atoms with van der Waals surface area (Å²) in [5.74, 6) is 2.30. The van der Waals surface area contributed by atoms with Crippen molar-refractivity contribution in [1.82, 2.24) is 9.78 Å². The fourth-order valence-corrected chi connectivity index (χ4v) is 2.43. The van der Waals surface area contributed by atoms with E-state index in [0.29, 0.717) is 31.2 Å². The highest BCUT2D eigenvalue weighted by atomic mass is 16.5. The van der Waals surface area contributed by atoms with Crippen LogP contribution in [0.4, 0.5) is 5.82 Å². The fraction of sp³-hybridized carbons (Fsp3) is 0.389. The number of hydrogen-bond acceptors (Lipinski definition) is 5. The van der Waals surface area contributed by atoms with Crippen molar-refractivity contribution in [1.29, 1.82) is 0 Å². The summed E-state index contributed by atoms with van der Waals surface area (Å²) in [4.78, 5) is 0. The second-order valence-corrected chi connectivity index (χ2v) is 5.44. The molecule has 0 aliphatic rings. The van der Waals surface area contributed by atoms with Crippen molar-refractivity contribution in [2.24, 2.45) is 0 Å². The Labute approximate surface area is 142 Å². The summed E-state index contributed by atoms with van der Waals surface area (Å²) >= 11 is 0. The lowest BCUT2D eigenvalue weighted by atomic mass is 10.2. The minimum atomic E-state index is 0.0540. The summed E-state index contributed by atoms with van der Waals surface area (Å²) in [5.41, 5.74) is 3.10. The SMILES string of the molecule is C=CCOc1ccc(CNc2c(C)c(C)nn2CCO)cc1OC. The summed E-state index contributed by atoms with van der Waals surface area (Å²) in [6, 6.07) is 5.83. The molecule has 24 heavy (non-hydrogen) atoms. The number of nitrogens with one attached hydrogen (secondary N) is 1. The predicted molar refractivity (Wildman–Crippen MR) is 94.8 cm³/mol. The third-order valence-electron chi connectivity index (χ3n) is 3.78. The molecule has 6 heteroatoms. The number of nitrogens with zero attached hydrogens (tertiary/aromatic N) is 2. The third kappa shape index (κ3) is 4.08. The van der Waals surface area contributed by atoms with Gasteiger partial charge in [-0.2, -0.15) is 5.10 Å². The Morgan fingerprint density at radius 3 is 2.79 bits per heavy atom. The molecule has 6 nitrogen and oxygen atoms in total. The maximum atomic E-state index is 9.17. The lowest BCUT2D eigenvalue weighted by Crippen LogP contribution is -2.11. The highest BCUT2D eigenvalue weighted by Gasteiger charge is 2.12. The van der Waals surface area contributed by atoms with E-state index < -0.39 is 0 Å². The first-order valence-corrected chi connectivity index (χ1v) is 7.90. The second kappa shape index (κ2) is 8.40. The first kappa shape index (κ1) is 17.9. The lowest BCUT2D eigenvalue weighted by molar-refractivity contribution is 0.270. The summed E-state index contributed by atoms with van der Waals surface area (Å²) in [5, 5.41) is 17.0. The Kier molecular flexibility index (Phi) is 6.26. The molecule has 1 aromatic carbocycles. The molecule has 0 aliphatic carbocycles. The van der Waals surface area contributed by atoms with Crippen molar-refractivity contribution in [2.45, 2.75) is 26.9 Å². The molecule has 0 saturated carbocycles. The summed E-state index contributed by atoms with van der Waals surface area (Å²) in [7, 11) is 1.62. The van der Waals surface area contributed by atoms with Crippen LogP contribution in [0.5, 0.6) is 11.5 Å². The Balaban J connectivity index is 2.13. The van der Waals surface area contributed by atoms with Crippen LogP contribution in [0, 0.1) is 13.8 Å². The molecular weight excluding hydrogens is 306 g/mol. The average Bonchev–Trinajstić information content (AvgIpc) is 2.85. The number of anilines is 1. The molecule has 2 N–H and O–H groups in total. The van der Waals surface area contributed by atoms with Crippen LogP contribution in [0.25, 0.3) is 0 Å². The molecule has 0 atom stereocenters. The molecule has 0 saturated heterocycles. The van der Waals surface area contributed by atoms with Crippen LogP contribution in [0.2, 0.25) is 0 Å². The fourth-order valence-electron chi connectivity index (χ4n) is 2.43. The summed E-state index contributed by atoms with van der Waals surface area (Å²) < 4.78 is 12.7. The molecule has 0 spiro atoms. The Hall–Kier alpha value is -2.47. The Morgan fingerprint density at radius 1 is 1.33 bits per heavy atom. The zero-order valence-electron chi connectivity index (χ0n) is 14.5. The number of rotatable bonds is 9. The van der Waals surface area contributed by atoms with Crippen molar-refractivity contribution < 1.29 is 14.6 Å². The van der Waals surface area contributed by atoms with Crippen LogP contribution < -0.4 is 14.8 Å². The Bertz CT molecular complexity index is 695. The number of aliphatic hydroxyl groups excluding tert-OH is 1. The van der Waals surface area contributed by atoms with E-state index in [-0.39, 0.29) is 6.61 Å². The normalized spacial score (nSPS) is 10.5. The van der Waals surface area contributed by atoms with Crippen molar-refractivity contribution >= 4 is 5.82 Å². The highest BCUT2D eigenvalue weighted by Crippen LogP contribution is 2.28. The average molecular weight is 331 g/mol. The van der Waals surface area contributed by atoms with Gasteiger partial charge in [0.05, 0.1) is 26.0 Å². The van der Waals surface area contributed by atoms with Gasteiger partial charge >= 0.3 is 0 Å². The lowest BCUT2D eigenvalue weighted by Gasteiger charge is -2.13. The van der Waals surface area contributed by atoms with Gasteiger partial charge in [-0.05, 0) is 31.5 Å². The number of methoxy groups -OCH3 is 1. The molecule has 0 bridgehead atoms. The van der Waals surface area contributed by atoms with E-state index >= 15 is 0 Å². The molecule has 0 radical (unpaired) electrons. The monoisotopic (exact) mass is 331 g/mol. The van der Waals surface area contributed by atoms with E-state index in [4.69, 9.17) is 9.47 Å². The van der Waals surface area contributed by atoms with Crippen LogP contribution in [0.3, 0.4) is 0 Å². The van der Waals surface area contributed by atoms with Crippen molar-refractivity contribution in [3.63, 3.8) is 0 Å². The van der Waals surface area contributed by atoms with Gasteiger partial charge in [-0.25, -0.2) is 4.68 Å². The molecule has 1 aromatic heterocycles. The van der Waals surface area contributed by atoms with Gasteiger partial charge in [0.25, 0.3) is 0 Å². The maximum Gasteiger partial charge on any atom is 0.161 e. The largest absolute Gasteiger partial charge is 0.493 e. The smallest absolute Gasteiger partial charge is 0.161 e. The highest BCUT2D eigenvalue weighted by molar-refractivity contribution is 5.49. The van der Waals surface area contributed by atoms with E-state index in [1.54, 1.807) is 17.9 Å². The third-order valence-corrected chi connectivity index (χ3v) is 3.78. The van der Waals surface area contributed by atoms with Gasteiger partial charge in [0.2, 0.25) is 0 Å². The first-order chi connectivity index (χ1) is 11.6. The van der Waals surface area contributed by atoms with Gasteiger partial charge in [-0.15, -0.1) is 0 Å². The van der Waals surface area contributed by atoms with Gasteiger partial charge in [0.1, 0.15) is 12.4 Å². The quantitative estimate of drug-likeness (QED) is 0.692. The van der Waals surface area contributed by atoms with Gasteiger partial charge in [-0.3, -0.25) is 0 Å². The zero-order valence-corrected chi connectivity index (χ0v) is 14.5. The number of aliphatic hydroxyl groups is 1. The zero-order chi connectivity index (χ0) is 17.5. The number of ether oxygens (including phenoxy) is 2. The van der Waals surface area contributed by atoms with E-state index in [9.17, 15) is 5.11 Å². The predicted octanol–water partition coefficient (Wildman–Crippen LogP) is 2.68. The van der Waals surface area contributed by atoms with E-state index in [2.05, 4.69) is 17.0 Å². The molecule has 0 fully saturated rings. The minimum absolute atomic E-state index is 0.0540. The molecular formula is C18H25N3O3. The van der Waals surface area contributed by atoms with Crippen LogP contribution in [-0.2, 0) is 13.1 Å². The number of hydrogen-bond donors (Lipinski definition) is 2. The van der Waals surface area contributed by atoms with Crippen molar-refractivity contribution in [2.75, 3.05) is 25.6 Å². The molecule has 0 unspecified atom stereocenters. The van der Waals surface area contributed by atoms with Crippen LogP contribution in [-0.4, -0.2) is 35.2 Å². The molecule has 2 aromatic rings. The second-order valence-electron chi connectivity index (χ2n) is 5.44. The number of benzene rings is 1. The van der Waals surface area contributed by atoms with Gasteiger partial charge < -0.3 is 19.9 Å². The summed E-state index contributed by atoms with van der Waals surface area (Å²) in [6.07, 6.45) is 1.70. The van der Waals surface area contributed by atoms with Crippen LogP contribution in [0.15, 0.2) is 30.9 Å². The molecule has 2 rings (SSSR count). The van der Waals surface area contributed by atoms with Crippen LogP contribution in [0.1, 0.15) is 16.8 Å². The van der Waals surface area contributed by atoms with Crippen LogP contribution >= 0.6 is 0 Å². The van der Waals surface area contributed by atoms with E-state index in [0.717, 1.165) is 22.6 Å². The standard InChI is InChI=1S/C18H25N3O3/c1-5-10-24-16-7-6-15(11-17(16)23-4)12-19-18-13(2)14(3)20-21(18)8-9-22/h5-7,11,19,22H,1,8-10,12H2,2-4H3. The van der Waals surface area contributed by atoms with E-state index in [1.165, 1.54) is 0 Å². The first-order valence-electron chi connectivity index (χ1n) is 7.90. The maximum absolute atomic E-state index is 9.17. The summed E-state index contributed by atoms with van der Waals surface area (Å²) in [6.45, 7) is 9.20. The molecule has 0 aliphatic heterocycles. The number of aryl methyl sites for hydroxylation is 1. The molecule has 1 heterocycles. The van der Waals surface area contributed by atoms with Gasteiger partial charge in [-0.1, -0.05) is 18.7 Å². The van der Waals surface area contributed by atoms with E-state index in [1.807, 2.05) is 32.0 Å². The van der Waals surface area contributed by atoms with Gasteiger partial charge in [0.15, 0.2) is 11.5 Å². The van der Waals surface area contributed by atoms with Crippen molar-refractivity contribution in [3.8, 4) is 11.5 Å². The molecule has 130 valence electrons. The topological polar surface area (TPSA) is 68.5 Å². The Morgan fingerprint density at radius 2 is 2.12 bits per heavy atom. The molecule has 0 amide bonds. The number of aromatic nitrogens is 2. The van der Waals surface area contributed by atoms with Crippen molar-refractivity contribution in [3.05, 3.63) is 47.7 Å². The van der Waals surface area contributed by atoms with Gasteiger partial charge in [0, 0.05) is 12.1 Å². The minimum Gasteiger partial charge on any atom is -0.493 e.